The van der Waals surface area contributed by atoms with Gasteiger partial charge in [-0.25, -0.2) is 9.97 Å². The van der Waals surface area contributed by atoms with Gasteiger partial charge in [-0.05, 0) is 37.7 Å². The third-order valence-electron chi connectivity index (χ3n) is 4.32. The van der Waals surface area contributed by atoms with E-state index in [1.807, 2.05) is 0 Å². The monoisotopic (exact) mass is 286 g/mol. The van der Waals surface area contributed by atoms with Crippen molar-refractivity contribution in [1.29, 1.82) is 0 Å². The molecule has 1 aliphatic heterocycles. The largest absolute Gasteiger partial charge is 0.323 e. The molecule has 6 heteroatoms. The Hall–Kier alpha value is -1.98. The Morgan fingerprint density at radius 3 is 2.81 bits per heavy atom. The van der Waals surface area contributed by atoms with Gasteiger partial charge in [0.1, 0.15) is 18.1 Å². The molecule has 110 valence electrons. The summed E-state index contributed by atoms with van der Waals surface area (Å²) in [5.41, 5.74) is 0.410. The molecule has 6 nitrogen and oxygen atoms in total. The summed E-state index contributed by atoms with van der Waals surface area (Å²) >= 11 is 0. The van der Waals surface area contributed by atoms with Crippen molar-refractivity contribution >= 4 is 11.8 Å². The van der Waals surface area contributed by atoms with Crippen molar-refractivity contribution in [1.82, 2.24) is 19.8 Å². The van der Waals surface area contributed by atoms with E-state index in [2.05, 4.69) is 9.97 Å². The molecule has 0 bridgehead atoms. The molecule has 0 radical (unpaired) electrons. The summed E-state index contributed by atoms with van der Waals surface area (Å²) in [6.07, 6.45) is 6.26. The van der Waals surface area contributed by atoms with Crippen LogP contribution in [0.4, 0.5) is 0 Å². The normalized spacial score (nSPS) is 22.0. The first kappa shape index (κ1) is 12.7. The second kappa shape index (κ2) is 4.79. The molecule has 1 aromatic rings. The molecule has 0 N–H and O–H groups in total. The summed E-state index contributed by atoms with van der Waals surface area (Å²) < 4.78 is 0. The Bertz CT molecular complexity index is 595. The summed E-state index contributed by atoms with van der Waals surface area (Å²) in [5, 5.41) is 0. The number of carbonyl (C=O) groups excluding carboxylic acids is 2. The maximum absolute atomic E-state index is 12.5. The van der Waals surface area contributed by atoms with Gasteiger partial charge in [0.15, 0.2) is 0 Å². The topological polar surface area (TPSA) is 66.4 Å². The fourth-order valence-corrected chi connectivity index (χ4v) is 2.70. The van der Waals surface area contributed by atoms with Crippen LogP contribution >= 0.6 is 0 Å². The maximum atomic E-state index is 12.5. The van der Waals surface area contributed by atoms with E-state index in [1.54, 1.807) is 22.1 Å². The molecule has 4 rings (SSSR count). The van der Waals surface area contributed by atoms with E-state index in [1.165, 1.54) is 12.8 Å². The zero-order valence-electron chi connectivity index (χ0n) is 11.9. The van der Waals surface area contributed by atoms with E-state index in [-0.39, 0.29) is 18.4 Å². The van der Waals surface area contributed by atoms with Crippen LogP contribution in [0.15, 0.2) is 12.3 Å². The molecule has 1 aromatic heterocycles. The number of nitrogens with zero attached hydrogens (tertiary/aromatic N) is 4. The second-order valence-corrected chi connectivity index (χ2v) is 6.28. The Kier molecular flexibility index (Phi) is 2.90. The molecule has 0 atom stereocenters. The number of aromatic nitrogens is 2. The van der Waals surface area contributed by atoms with Gasteiger partial charge < -0.3 is 9.80 Å². The highest BCUT2D eigenvalue weighted by molar-refractivity contribution is 5.96. The fourth-order valence-electron chi connectivity index (χ4n) is 2.70. The average Bonchev–Trinajstić information content (AvgIpc) is 3.38. The third kappa shape index (κ3) is 2.62. The van der Waals surface area contributed by atoms with E-state index in [9.17, 15) is 9.59 Å². The van der Waals surface area contributed by atoms with Crippen LogP contribution in [0.2, 0.25) is 0 Å². The number of rotatable bonds is 4. The highest BCUT2D eigenvalue weighted by atomic mass is 16.2. The number of amides is 2. The molecule has 2 heterocycles. The van der Waals surface area contributed by atoms with Gasteiger partial charge in [0.25, 0.3) is 5.91 Å². The van der Waals surface area contributed by atoms with Crippen LogP contribution in [0.25, 0.3) is 0 Å². The standard InChI is InChI=1S/C15H18N4O2/c20-13-8-19(9-18(13)7-10-1-2-10)15(21)12-5-6-16-14(17-12)11-3-4-11/h5-6,10-11H,1-4,7-9H2. The molecule has 3 fully saturated rings. The predicted octanol–water partition coefficient (Wildman–Crippen LogP) is 1.01. The molecule has 3 aliphatic rings. The van der Waals surface area contributed by atoms with Gasteiger partial charge in [-0.1, -0.05) is 0 Å². The van der Waals surface area contributed by atoms with Gasteiger partial charge >= 0.3 is 0 Å². The van der Waals surface area contributed by atoms with Crippen LogP contribution in [-0.2, 0) is 4.79 Å². The van der Waals surface area contributed by atoms with Gasteiger partial charge in [0.2, 0.25) is 5.91 Å². The molecule has 1 saturated heterocycles. The van der Waals surface area contributed by atoms with Crippen LogP contribution in [0.5, 0.6) is 0 Å². The molecule has 21 heavy (non-hydrogen) atoms. The van der Waals surface area contributed by atoms with Crippen LogP contribution in [0.1, 0.15) is 47.9 Å². The molecular formula is C15H18N4O2. The zero-order valence-corrected chi connectivity index (χ0v) is 11.9. The van der Waals surface area contributed by atoms with Gasteiger partial charge in [-0.2, -0.15) is 0 Å². The number of hydrogen-bond donors (Lipinski definition) is 0. The van der Waals surface area contributed by atoms with Crippen LogP contribution in [-0.4, -0.2) is 51.3 Å². The van der Waals surface area contributed by atoms with E-state index in [4.69, 9.17) is 0 Å². The molecule has 0 aromatic carbocycles. The van der Waals surface area contributed by atoms with E-state index >= 15 is 0 Å². The summed E-state index contributed by atoms with van der Waals surface area (Å²) in [6.45, 7) is 1.37. The molecule has 2 aliphatic carbocycles. The molecule has 0 spiro atoms. The zero-order chi connectivity index (χ0) is 14.4. The average molecular weight is 286 g/mol. The number of hydrogen-bond acceptors (Lipinski definition) is 4. The van der Waals surface area contributed by atoms with Crippen LogP contribution < -0.4 is 0 Å². The summed E-state index contributed by atoms with van der Waals surface area (Å²) in [4.78, 5) is 36.4. The van der Waals surface area contributed by atoms with Crippen molar-refractivity contribution in [2.45, 2.75) is 31.6 Å². The summed E-state index contributed by atoms with van der Waals surface area (Å²) in [6, 6.07) is 1.64. The van der Waals surface area contributed by atoms with E-state index in [0.29, 0.717) is 24.2 Å². The van der Waals surface area contributed by atoms with E-state index in [0.717, 1.165) is 25.2 Å². The lowest BCUT2D eigenvalue weighted by Crippen LogP contribution is -2.32. The molecule has 2 amide bonds. The van der Waals surface area contributed by atoms with E-state index < -0.39 is 0 Å². The smallest absolute Gasteiger partial charge is 0.274 e. The van der Waals surface area contributed by atoms with Crippen molar-refractivity contribution in [2.75, 3.05) is 19.8 Å². The summed E-state index contributed by atoms with van der Waals surface area (Å²) in [7, 11) is 0. The third-order valence-corrected chi connectivity index (χ3v) is 4.32. The molecule has 2 saturated carbocycles. The Morgan fingerprint density at radius 1 is 1.29 bits per heavy atom. The molecule has 0 unspecified atom stereocenters. The van der Waals surface area contributed by atoms with Crippen molar-refractivity contribution in [3.63, 3.8) is 0 Å². The Labute approximate surface area is 123 Å². The lowest BCUT2D eigenvalue weighted by atomic mass is 10.3. The Balaban J connectivity index is 1.46. The highest BCUT2D eigenvalue weighted by Gasteiger charge is 2.35. The van der Waals surface area contributed by atoms with Gasteiger partial charge in [0.05, 0.1) is 6.67 Å². The number of carbonyl (C=O) groups is 2. The van der Waals surface area contributed by atoms with Crippen molar-refractivity contribution in [3.8, 4) is 0 Å². The van der Waals surface area contributed by atoms with Gasteiger partial charge in [0, 0.05) is 18.7 Å². The van der Waals surface area contributed by atoms with Crippen LogP contribution in [0, 0.1) is 5.92 Å². The minimum Gasteiger partial charge on any atom is -0.323 e. The maximum Gasteiger partial charge on any atom is 0.274 e. The van der Waals surface area contributed by atoms with Crippen molar-refractivity contribution < 1.29 is 9.59 Å². The lowest BCUT2D eigenvalue weighted by molar-refractivity contribution is -0.126. The second-order valence-electron chi connectivity index (χ2n) is 6.28. The lowest BCUT2D eigenvalue weighted by Gasteiger charge is -2.17. The van der Waals surface area contributed by atoms with Crippen molar-refractivity contribution in [2.24, 2.45) is 5.92 Å². The fraction of sp³-hybridized carbons (Fsp3) is 0.600. The Morgan fingerprint density at radius 2 is 2.10 bits per heavy atom. The first-order valence-corrected chi connectivity index (χ1v) is 7.60. The SMILES string of the molecule is O=C1CN(C(=O)c2ccnc(C3CC3)n2)CN1CC1CC1. The summed E-state index contributed by atoms with van der Waals surface area (Å²) in [5.74, 6) is 1.72. The van der Waals surface area contributed by atoms with Gasteiger partial charge in [-0.15, -0.1) is 0 Å². The van der Waals surface area contributed by atoms with Crippen molar-refractivity contribution in [3.05, 3.63) is 23.8 Å². The first-order chi connectivity index (χ1) is 10.2. The van der Waals surface area contributed by atoms with Crippen LogP contribution in [0.3, 0.4) is 0 Å². The molecular weight excluding hydrogens is 268 g/mol. The minimum absolute atomic E-state index is 0.0479. The quantitative estimate of drug-likeness (QED) is 0.828. The predicted molar refractivity (Wildman–Crippen MR) is 74.3 cm³/mol. The minimum atomic E-state index is -0.161. The first-order valence-electron chi connectivity index (χ1n) is 7.60. The van der Waals surface area contributed by atoms with Gasteiger partial charge in [-0.3, -0.25) is 9.59 Å². The highest BCUT2D eigenvalue weighted by Crippen LogP contribution is 2.37.